The predicted molar refractivity (Wildman–Crippen MR) is 133 cm³/mol. The molecule has 182 valence electrons. The van der Waals surface area contributed by atoms with Gasteiger partial charge in [-0.05, 0) is 62.1 Å². The van der Waals surface area contributed by atoms with Crippen LogP contribution in [-0.2, 0) is 19.1 Å². The second kappa shape index (κ2) is 12.1. The molecule has 0 radical (unpaired) electrons. The van der Waals surface area contributed by atoms with E-state index in [0.717, 1.165) is 22.4 Å². The first kappa shape index (κ1) is 25.8. The second-order valence-electron chi connectivity index (χ2n) is 8.33. The lowest BCUT2D eigenvalue weighted by Gasteiger charge is -2.21. The molecule has 0 fully saturated rings. The fraction of sp³-hybridized carbons (Fsp3) is 0.310. The molecule has 0 saturated heterocycles. The molecule has 6 nitrogen and oxygen atoms in total. The number of hydrogen-bond donors (Lipinski definition) is 0. The number of ether oxygens (including phenoxy) is 2. The van der Waals surface area contributed by atoms with Gasteiger partial charge in [0, 0.05) is 29.8 Å². The number of aromatic nitrogens is 1. The molecule has 0 amide bonds. The van der Waals surface area contributed by atoms with E-state index in [1.165, 1.54) is 0 Å². The molecule has 0 bridgehead atoms. The Balaban J connectivity index is 1.97. The van der Waals surface area contributed by atoms with Gasteiger partial charge in [0.15, 0.2) is 11.7 Å². The van der Waals surface area contributed by atoms with Crippen molar-refractivity contribution < 1.29 is 23.9 Å². The van der Waals surface area contributed by atoms with Crippen LogP contribution in [0.2, 0.25) is 0 Å². The standard InChI is InChI=1S/C29H31NO5/c1-5-34-28(32)27(29(33)35-6-2)22-13-11-21(12-14-22)25(24-10-8-7-9-19(24)3)18-26(31)23-15-16-30-20(4)17-23/h7-17,25,27H,5-6,18H2,1-4H3. The van der Waals surface area contributed by atoms with Crippen molar-refractivity contribution in [3.63, 3.8) is 0 Å². The fourth-order valence-electron chi connectivity index (χ4n) is 4.15. The van der Waals surface area contributed by atoms with Crippen molar-refractivity contribution in [3.05, 3.63) is 100 Å². The minimum Gasteiger partial charge on any atom is -0.465 e. The maximum atomic E-state index is 13.2. The molecule has 3 rings (SSSR count). The Morgan fingerprint density at radius 2 is 1.43 bits per heavy atom. The molecule has 1 atom stereocenters. The third-order valence-electron chi connectivity index (χ3n) is 5.89. The fourth-order valence-corrected chi connectivity index (χ4v) is 4.15. The third kappa shape index (κ3) is 6.41. The summed E-state index contributed by atoms with van der Waals surface area (Å²) in [5.74, 6) is -2.62. The molecule has 35 heavy (non-hydrogen) atoms. The third-order valence-corrected chi connectivity index (χ3v) is 5.89. The van der Waals surface area contributed by atoms with Crippen molar-refractivity contribution in [2.75, 3.05) is 13.2 Å². The minimum atomic E-state index is -1.15. The van der Waals surface area contributed by atoms with Crippen molar-refractivity contribution >= 4 is 17.7 Å². The first-order chi connectivity index (χ1) is 16.8. The molecular formula is C29H31NO5. The van der Waals surface area contributed by atoms with E-state index in [4.69, 9.17) is 9.47 Å². The molecule has 0 aliphatic carbocycles. The highest BCUT2D eigenvalue weighted by Crippen LogP contribution is 2.33. The van der Waals surface area contributed by atoms with Gasteiger partial charge in [0.2, 0.25) is 0 Å². The Kier molecular flexibility index (Phi) is 8.90. The number of ketones is 1. The lowest BCUT2D eigenvalue weighted by atomic mass is 9.83. The first-order valence-electron chi connectivity index (χ1n) is 11.8. The highest BCUT2D eigenvalue weighted by molar-refractivity contribution is 6.01. The van der Waals surface area contributed by atoms with Gasteiger partial charge in [0.25, 0.3) is 0 Å². The number of Topliss-reactive ketones (excluding diaryl/α,β-unsaturated/α-hetero) is 1. The van der Waals surface area contributed by atoms with Crippen LogP contribution in [0, 0.1) is 13.8 Å². The average Bonchev–Trinajstić information content (AvgIpc) is 2.84. The molecule has 0 spiro atoms. The number of nitrogens with zero attached hydrogens (tertiary/aromatic N) is 1. The monoisotopic (exact) mass is 473 g/mol. The quantitative estimate of drug-likeness (QED) is 0.225. The molecule has 0 aliphatic rings. The summed E-state index contributed by atoms with van der Waals surface area (Å²) in [6.45, 7) is 7.60. The summed E-state index contributed by atoms with van der Waals surface area (Å²) in [6, 6.07) is 18.7. The van der Waals surface area contributed by atoms with E-state index < -0.39 is 17.9 Å². The van der Waals surface area contributed by atoms with Crippen LogP contribution in [0.4, 0.5) is 0 Å². The predicted octanol–water partition coefficient (Wildman–Crippen LogP) is 5.31. The summed E-state index contributed by atoms with van der Waals surface area (Å²) >= 11 is 0. The minimum absolute atomic E-state index is 0.0174. The van der Waals surface area contributed by atoms with Crippen LogP contribution in [0.15, 0.2) is 66.9 Å². The van der Waals surface area contributed by atoms with E-state index in [0.29, 0.717) is 11.1 Å². The van der Waals surface area contributed by atoms with Gasteiger partial charge in [0.1, 0.15) is 0 Å². The molecular weight excluding hydrogens is 442 g/mol. The first-order valence-corrected chi connectivity index (χ1v) is 11.8. The van der Waals surface area contributed by atoms with Crippen LogP contribution in [0.3, 0.4) is 0 Å². The molecule has 3 aromatic rings. The van der Waals surface area contributed by atoms with Crippen LogP contribution in [-0.4, -0.2) is 35.9 Å². The largest absolute Gasteiger partial charge is 0.465 e. The zero-order valence-corrected chi connectivity index (χ0v) is 20.6. The van der Waals surface area contributed by atoms with Crippen LogP contribution >= 0.6 is 0 Å². The summed E-state index contributed by atoms with van der Waals surface area (Å²) in [4.78, 5) is 42.4. The van der Waals surface area contributed by atoms with Gasteiger partial charge >= 0.3 is 11.9 Å². The van der Waals surface area contributed by atoms with Crippen LogP contribution in [0.1, 0.15) is 70.4 Å². The van der Waals surface area contributed by atoms with Crippen LogP contribution in [0.5, 0.6) is 0 Å². The van der Waals surface area contributed by atoms with E-state index in [-0.39, 0.29) is 31.3 Å². The Labute approximate surface area is 206 Å². The van der Waals surface area contributed by atoms with E-state index in [1.54, 1.807) is 44.3 Å². The number of aryl methyl sites for hydroxylation is 2. The number of esters is 2. The Bertz CT molecular complexity index is 1170. The normalized spacial score (nSPS) is 11.7. The maximum Gasteiger partial charge on any atom is 0.324 e. The Morgan fingerprint density at radius 1 is 0.829 bits per heavy atom. The summed E-state index contributed by atoms with van der Waals surface area (Å²) in [5.41, 5.74) is 4.94. The summed E-state index contributed by atoms with van der Waals surface area (Å²) in [6.07, 6.45) is 1.91. The summed E-state index contributed by atoms with van der Waals surface area (Å²) in [7, 11) is 0. The highest BCUT2D eigenvalue weighted by Gasteiger charge is 2.31. The summed E-state index contributed by atoms with van der Waals surface area (Å²) in [5, 5.41) is 0. The van der Waals surface area contributed by atoms with Crippen molar-refractivity contribution in [2.45, 2.75) is 46.0 Å². The second-order valence-corrected chi connectivity index (χ2v) is 8.33. The lowest BCUT2D eigenvalue weighted by Crippen LogP contribution is -2.26. The van der Waals surface area contributed by atoms with Gasteiger partial charge in [-0.2, -0.15) is 0 Å². The highest BCUT2D eigenvalue weighted by atomic mass is 16.6. The molecule has 6 heteroatoms. The Morgan fingerprint density at radius 3 is 2.00 bits per heavy atom. The molecule has 0 aliphatic heterocycles. The molecule has 1 heterocycles. The number of carbonyl (C=O) groups excluding carboxylic acids is 3. The van der Waals surface area contributed by atoms with Gasteiger partial charge in [-0.15, -0.1) is 0 Å². The summed E-state index contributed by atoms with van der Waals surface area (Å²) < 4.78 is 10.2. The maximum absolute atomic E-state index is 13.2. The van der Waals surface area contributed by atoms with Crippen LogP contribution < -0.4 is 0 Å². The molecule has 1 unspecified atom stereocenters. The van der Waals surface area contributed by atoms with Gasteiger partial charge in [-0.3, -0.25) is 19.4 Å². The average molecular weight is 474 g/mol. The van der Waals surface area contributed by atoms with Crippen molar-refractivity contribution in [2.24, 2.45) is 0 Å². The smallest absolute Gasteiger partial charge is 0.324 e. The Hall–Kier alpha value is -3.80. The van der Waals surface area contributed by atoms with E-state index in [1.807, 2.05) is 50.2 Å². The van der Waals surface area contributed by atoms with Crippen molar-refractivity contribution in [1.29, 1.82) is 0 Å². The topological polar surface area (TPSA) is 82.6 Å². The van der Waals surface area contributed by atoms with Gasteiger partial charge in [-0.25, -0.2) is 0 Å². The van der Waals surface area contributed by atoms with Gasteiger partial charge < -0.3 is 9.47 Å². The van der Waals surface area contributed by atoms with Gasteiger partial charge in [0.05, 0.1) is 13.2 Å². The number of pyridine rings is 1. The SMILES string of the molecule is CCOC(=O)C(C(=O)OCC)c1ccc(C(CC(=O)c2ccnc(C)c2)c2ccccc2C)cc1. The zero-order chi connectivity index (χ0) is 25.4. The number of benzene rings is 2. The number of carbonyl (C=O) groups is 3. The molecule has 0 saturated carbocycles. The van der Waals surface area contributed by atoms with E-state index in [9.17, 15) is 14.4 Å². The van der Waals surface area contributed by atoms with Crippen molar-refractivity contribution in [1.82, 2.24) is 4.98 Å². The number of hydrogen-bond acceptors (Lipinski definition) is 6. The lowest BCUT2D eigenvalue weighted by molar-refractivity contribution is -0.156. The van der Waals surface area contributed by atoms with Gasteiger partial charge in [-0.1, -0.05) is 48.5 Å². The van der Waals surface area contributed by atoms with Crippen LogP contribution in [0.25, 0.3) is 0 Å². The molecule has 0 N–H and O–H groups in total. The number of rotatable bonds is 10. The molecule has 1 aromatic heterocycles. The molecule has 2 aromatic carbocycles. The van der Waals surface area contributed by atoms with Crippen molar-refractivity contribution in [3.8, 4) is 0 Å². The van der Waals surface area contributed by atoms with E-state index in [2.05, 4.69) is 4.98 Å². The van der Waals surface area contributed by atoms with E-state index >= 15 is 0 Å². The zero-order valence-electron chi connectivity index (χ0n) is 20.6.